The molecule has 28 heavy (non-hydrogen) atoms. The number of nitrogens with zero attached hydrogens (tertiary/aromatic N) is 4. The van der Waals surface area contributed by atoms with Gasteiger partial charge in [0.05, 0.1) is 5.69 Å². The molecular formula is C20H24N6O2. The van der Waals surface area contributed by atoms with E-state index in [-0.39, 0.29) is 17.6 Å². The largest absolute Gasteiger partial charge is 0.348 e. The van der Waals surface area contributed by atoms with Gasteiger partial charge < -0.3 is 5.32 Å². The van der Waals surface area contributed by atoms with E-state index in [2.05, 4.69) is 39.7 Å². The van der Waals surface area contributed by atoms with Crippen molar-refractivity contribution in [3.05, 3.63) is 57.9 Å². The molecule has 3 aromatic rings. The molecule has 0 spiro atoms. The number of aryl methyl sites for hydroxylation is 3. The van der Waals surface area contributed by atoms with Crippen LogP contribution in [-0.2, 0) is 26.4 Å². The monoisotopic (exact) mass is 380 g/mol. The third-order valence-corrected chi connectivity index (χ3v) is 5.32. The number of rotatable bonds is 4. The van der Waals surface area contributed by atoms with E-state index in [1.807, 2.05) is 12.1 Å². The van der Waals surface area contributed by atoms with Crippen LogP contribution in [0.3, 0.4) is 0 Å². The van der Waals surface area contributed by atoms with E-state index in [0.717, 1.165) is 29.9 Å². The summed E-state index contributed by atoms with van der Waals surface area (Å²) in [6.45, 7) is 2.68. The van der Waals surface area contributed by atoms with Gasteiger partial charge in [-0.15, -0.1) is 0 Å². The predicted octanol–water partition coefficient (Wildman–Crippen LogP) is 1.67. The van der Waals surface area contributed by atoms with Crippen LogP contribution in [0.15, 0.2) is 35.1 Å². The van der Waals surface area contributed by atoms with Crippen molar-refractivity contribution in [2.45, 2.75) is 45.2 Å². The van der Waals surface area contributed by atoms with Gasteiger partial charge in [0.1, 0.15) is 11.5 Å². The fraction of sp³-hybridized carbons (Fsp3) is 0.400. The van der Waals surface area contributed by atoms with Gasteiger partial charge in [-0.3, -0.25) is 14.5 Å². The van der Waals surface area contributed by atoms with Crippen molar-refractivity contribution in [1.82, 2.24) is 29.9 Å². The van der Waals surface area contributed by atoms with Gasteiger partial charge in [0.15, 0.2) is 0 Å². The van der Waals surface area contributed by atoms with E-state index in [1.165, 1.54) is 10.2 Å². The molecule has 0 saturated carbocycles. The summed E-state index contributed by atoms with van der Waals surface area (Å²) in [6.07, 6.45) is 3.10. The third-order valence-electron chi connectivity index (χ3n) is 5.32. The van der Waals surface area contributed by atoms with E-state index in [4.69, 9.17) is 0 Å². The minimum atomic E-state index is -0.179. The van der Waals surface area contributed by atoms with Gasteiger partial charge >= 0.3 is 5.69 Å². The molecule has 0 fully saturated rings. The molecule has 1 atom stereocenters. The Morgan fingerprint density at radius 2 is 2.07 bits per heavy atom. The molecule has 8 nitrogen and oxygen atoms in total. The lowest BCUT2D eigenvalue weighted by Crippen LogP contribution is -2.36. The molecule has 1 aliphatic rings. The van der Waals surface area contributed by atoms with Crippen LogP contribution in [0.25, 0.3) is 11.3 Å². The highest BCUT2D eigenvalue weighted by atomic mass is 16.2. The van der Waals surface area contributed by atoms with Crippen LogP contribution < -0.4 is 11.0 Å². The molecule has 4 rings (SSSR count). The highest BCUT2D eigenvalue weighted by Gasteiger charge is 2.22. The lowest BCUT2D eigenvalue weighted by Gasteiger charge is -2.15. The van der Waals surface area contributed by atoms with Gasteiger partial charge in [-0.2, -0.15) is 10.2 Å². The Morgan fingerprint density at radius 3 is 2.82 bits per heavy atom. The maximum absolute atomic E-state index is 12.6. The van der Waals surface area contributed by atoms with Crippen molar-refractivity contribution in [3.63, 3.8) is 0 Å². The minimum absolute atomic E-state index is 0.00510. The first-order valence-corrected chi connectivity index (χ1v) is 9.63. The summed E-state index contributed by atoms with van der Waals surface area (Å²) in [7, 11) is 1.66. The molecule has 0 saturated heterocycles. The van der Waals surface area contributed by atoms with Gasteiger partial charge in [-0.1, -0.05) is 31.2 Å². The van der Waals surface area contributed by atoms with Gasteiger partial charge in [-0.25, -0.2) is 9.48 Å². The van der Waals surface area contributed by atoms with E-state index in [1.54, 1.807) is 17.7 Å². The maximum Gasteiger partial charge on any atom is 0.345 e. The number of H-pyrrole nitrogens is 1. The summed E-state index contributed by atoms with van der Waals surface area (Å²) in [5, 5.41) is 14.4. The molecule has 1 aromatic carbocycles. The molecule has 8 heteroatoms. The van der Waals surface area contributed by atoms with Crippen molar-refractivity contribution in [2.75, 3.05) is 0 Å². The van der Waals surface area contributed by atoms with E-state index in [9.17, 15) is 9.59 Å². The van der Waals surface area contributed by atoms with E-state index in [0.29, 0.717) is 25.1 Å². The Balaban J connectivity index is 1.41. The molecule has 146 valence electrons. The van der Waals surface area contributed by atoms with Crippen molar-refractivity contribution in [1.29, 1.82) is 0 Å². The third kappa shape index (κ3) is 3.49. The molecule has 3 heterocycles. The van der Waals surface area contributed by atoms with Crippen LogP contribution in [0.4, 0.5) is 0 Å². The zero-order valence-electron chi connectivity index (χ0n) is 16.1. The van der Waals surface area contributed by atoms with Crippen LogP contribution in [0.1, 0.15) is 41.6 Å². The molecule has 1 unspecified atom stereocenters. The van der Waals surface area contributed by atoms with Gasteiger partial charge in [0, 0.05) is 31.6 Å². The number of carbonyl (C=O) groups is 1. The summed E-state index contributed by atoms with van der Waals surface area (Å²) in [6, 6.07) is 9.95. The SMILES string of the molecule is CCc1ccc(-c2cc(C(=O)NC3CCc4nn(C)c(=O)n4CC3)[nH]n2)cc1. The number of hydrogen-bond donors (Lipinski definition) is 2. The number of fused-ring (bicyclic) bond motifs is 1. The number of aromatic nitrogens is 5. The molecule has 1 amide bonds. The highest BCUT2D eigenvalue weighted by Crippen LogP contribution is 2.19. The summed E-state index contributed by atoms with van der Waals surface area (Å²) < 4.78 is 3.06. The first kappa shape index (κ1) is 18.2. The average molecular weight is 380 g/mol. The van der Waals surface area contributed by atoms with Crippen LogP contribution >= 0.6 is 0 Å². The quantitative estimate of drug-likeness (QED) is 0.719. The van der Waals surface area contributed by atoms with Crippen LogP contribution in [0.5, 0.6) is 0 Å². The minimum Gasteiger partial charge on any atom is -0.348 e. The molecule has 2 N–H and O–H groups in total. The smallest absolute Gasteiger partial charge is 0.345 e. The highest BCUT2D eigenvalue weighted by molar-refractivity contribution is 5.93. The van der Waals surface area contributed by atoms with Gasteiger partial charge in [-0.05, 0) is 30.9 Å². The van der Waals surface area contributed by atoms with Gasteiger partial charge in [0.2, 0.25) is 0 Å². The molecule has 1 aliphatic heterocycles. The Hall–Kier alpha value is -3.16. The number of amides is 1. The van der Waals surface area contributed by atoms with Crippen molar-refractivity contribution < 1.29 is 4.79 Å². The maximum atomic E-state index is 12.6. The van der Waals surface area contributed by atoms with Crippen LogP contribution in [0, 0.1) is 0 Å². The molecule has 0 bridgehead atoms. The number of nitrogens with one attached hydrogen (secondary N) is 2. The van der Waals surface area contributed by atoms with Crippen LogP contribution in [0.2, 0.25) is 0 Å². The van der Waals surface area contributed by atoms with Crippen molar-refractivity contribution in [3.8, 4) is 11.3 Å². The molecule has 0 radical (unpaired) electrons. The predicted molar refractivity (Wildman–Crippen MR) is 105 cm³/mol. The lowest BCUT2D eigenvalue weighted by atomic mass is 10.1. The Bertz CT molecular complexity index is 1040. The van der Waals surface area contributed by atoms with Crippen molar-refractivity contribution >= 4 is 5.91 Å². The fourth-order valence-electron chi connectivity index (χ4n) is 3.60. The second-order valence-corrected chi connectivity index (χ2v) is 7.19. The summed E-state index contributed by atoms with van der Waals surface area (Å²) in [4.78, 5) is 24.7. The van der Waals surface area contributed by atoms with Crippen molar-refractivity contribution in [2.24, 2.45) is 7.05 Å². The van der Waals surface area contributed by atoms with Gasteiger partial charge in [0.25, 0.3) is 5.91 Å². The second-order valence-electron chi connectivity index (χ2n) is 7.19. The summed E-state index contributed by atoms with van der Waals surface area (Å²) in [5.74, 6) is 0.602. The first-order chi connectivity index (χ1) is 13.5. The summed E-state index contributed by atoms with van der Waals surface area (Å²) >= 11 is 0. The molecule has 2 aromatic heterocycles. The number of aromatic amines is 1. The number of hydrogen-bond acceptors (Lipinski definition) is 4. The van der Waals surface area contributed by atoms with E-state index < -0.39 is 0 Å². The van der Waals surface area contributed by atoms with E-state index >= 15 is 0 Å². The first-order valence-electron chi connectivity index (χ1n) is 9.63. The number of benzene rings is 1. The Morgan fingerprint density at radius 1 is 1.29 bits per heavy atom. The lowest BCUT2D eigenvalue weighted by molar-refractivity contribution is 0.0927. The zero-order valence-corrected chi connectivity index (χ0v) is 16.1. The Kier molecular flexibility index (Phi) is 4.85. The topological polar surface area (TPSA) is 97.6 Å². The molecule has 0 aliphatic carbocycles. The zero-order chi connectivity index (χ0) is 19.7. The normalized spacial score (nSPS) is 16.4. The van der Waals surface area contributed by atoms with Crippen LogP contribution in [-0.4, -0.2) is 36.5 Å². The number of carbonyl (C=O) groups excluding carboxylic acids is 1. The standard InChI is InChI=1S/C20H24N6O2/c1-3-13-4-6-14(7-5-13)16-12-17(23-22-16)19(27)21-15-8-9-18-24-25(2)20(28)26(18)11-10-15/h4-7,12,15H,3,8-11H2,1-2H3,(H,21,27)(H,22,23). The average Bonchev–Trinajstić information content (AvgIpc) is 3.24. The summed E-state index contributed by atoms with van der Waals surface area (Å²) in [5.41, 5.74) is 3.32. The second kappa shape index (κ2) is 7.46. The fourth-order valence-corrected chi connectivity index (χ4v) is 3.60. The molecular weight excluding hydrogens is 356 g/mol. The Labute approximate surface area is 162 Å².